The number of rotatable bonds is 4. The Morgan fingerprint density at radius 2 is 1.33 bits per heavy atom. The van der Waals surface area contributed by atoms with Crippen LogP contribution in [0, 0.1) is 0 Å². The molecule has 0 amide bonds. The van der Waals surface area contributed by atoms with Crippen LogP contribution in [0.2, 0.25) is 0 Å². The number of nitrogens with zero attached hydrogens (tertiary/aromatic N) is 5. The Kier molecular flexibility index (Phi) is 6.06. The monoisotopic (exact) mass is 617 g/mol. The van der Waals surface area contributed by atoms with Gasteiger partial charge in [-0.15, -0.1) is 0 Å². The molecule has 3 aliphatic rings. The van der Waals surface area contributed by atoms with E-state index in [1.807, 2.05) is 18.2 Å². The van der Waals surface area contributed by atoms with Crippen molar-refractivity contribution in [3.8, 4) is 17.3 Å². The van der Waals surface area contributed by atoms with E-state index >= 15 is 0 Å². The molecule has 0 bridgehead atoms. The predicted molar refractivity (Wildman–Crippen MR) is 197 cm³/mol. The summed E-state index contributed by atoms with van der Waals surface area (Å²) >= 11 is 0. The molecule has 0 radical (unpaired) electrons. The quantitative estimate of drug-likeness (QED) is 0.197. The maximum Gasteiger partial charge on any atom is 0.238 e. The van der Waals surface area contributed by atoms with Gasteiger partial charge in [-0.25, -0.2) is 4.98 Å². The van der Waals surface area contributed by atoms with Crippen molar-refractivity contribution in [2.24, 2.45) is 0 Å². The van der Waals surface area contributed by atoms with E-state index in [-0.39, 0.29) is 12.0 Å². The van der Waals surface area contributed by atoms with Crippen molar-refractivity contribution in [1.29, 1.82) is 0 Å². The fourth-order valence-corrected chi connectivity index (χ4v) is 7.95. The lowest BCUT2D eigenvalue weighted by Gasteiger charge is -2.29. The third kappa shape index (κ3) is 4.00. The van der Waals surface area contributed by atoms with Crippen LogP contribution in [-0.2, 0) is 0 Å². The summed E-state index contributed by atoms with van der Waals surface area (Å²) in [7, 11) is 0. The minimum Gasteiger partial charge on any atom is -0.332 e. The molecule has 7 aromatic rings. The van der Waals surface area contributed by atoms with Gasteiger partial charge in [-0.1, -0.05) is 134 Å². The van der Waals surface area contributed by atoms with E-state index in [9.17, 15) is 0 Å². The summed E-state index contributed by atoms with van der Waals surface area (Å²) < 4.78 is 2.31. The van der Waals surface area contributed by atoms with Crippen molar-refractivity contribution in [3.63, 3.8) is 0 Å². The van der Waals surface area contributed by atoms with Gasteiger partial charge in [0.2, 0.25) is 5.95 Å². The summed E-state index contributed by atoms with van der Waals surface area (Å²) in [5.41, 5.74) is 7.90. The van der Waals surface area contributed by atoms with Crippen molar-refractivity contribution in [2.45, 2.75) is 24.8 Å². The van der Waals surface area contributed by atoms with Gasteiger partial charge in [0.1, 0.15) is 0 Å². The van der Waals surface area contributed by atoms with Crippen molar-refractivity contribution in [3.05, 3.63) is 163 Å². The van der Waals surface area contributed by atoms with Crippen LogP contribution >= 0.6 is 0 Å². The third-order valence-electron chi connectivity index (χ3n) is 9.96. The van der Waals surface area contributed by atoms with Gasteiger partial charge >= 0.3 is 0 Å². The molecule has 0 spiro atoms. The van der Waals surface area contributed by atoms with E-state index < -0.39 is 0 Å². The Morgan fingerprint density at radius 1 is 0.625 bits per heavy atom. The molecule has 0 saturated carbocycles. The van der Waals surface area contributed by atoms with Crippen LogP contribution in [0.3, 0.4) is 0 Å². The highest BCUT2D eigenvalue weighted by Crippen LogP contribution is 2.55. The maximum atomic E-state index is 5.29. The molecule has 2 aromatic heterocycles. The second-order valence-electron chi connectivity index (χ2n) is 12.7. The number of para-hydroxylation sites is 2. The van der Waals surface area contributed by atoms with E-state index in [2.05, 4.69) is 143 Å². The molecule has 5 nitrogen and oxygen atoms in total. The molecule has 2 unspecified atom stereocenters. The van der Waals surface area contributed by atoms with Gasteiger partial charge in [-0.2, -0.15) is 9.97 Å². The Balaban J connectivity index is 1.39. The Morgan fingerprint density at radius 3 is 2.15 bits per heavy atom. The zero-order chi connectivity index (χ0) is 31.6. The van der Waals surface area contributed by atoms with E-state index in [4.69, 9.17) is 15.0 Å². The van der Waals surface area contributed by atoms with Gasteiger partial charge in [-0.3, -0.25) is 4.57 Å². The molecule has 3 heterocycles. The molecule has 2 atom stereocenters. The van der Waals surface area contributed by atoms with Crippen LogP contribution in [0.15, 0.2) is 152 Å². The molecule has 0 saturated heterocycles. The fraction of sp³-hybridized carbons (Fsp3) is 0.0930. The lowest BCUT2D eigenvalue weighted by Crippen LogP contribution is -2.28. The highest BCUT2D eigenvalue weighted by Gasteiger charge is 2.41. The van der Waals surface area contributed by atoms with Gasteiger partial charge in [0.25, 0.3) is 0 Å². The van der Waals surface area contributed by atoms with Crippen LogP contribution < -0.4 is 4.90 Å². The largest absolute Gasteiger partial charge is 0.332 e. The van der Waals surface area contributed by atoms with Crippen LogP contribution in [0.1, 0.15) is 30.1 Å². The predicted octanol–water partition coefficient (Wildman–Crippen LogP) is 10.3. The summed E-state index contributed by atoms with van der Waals surface area (Å²) in [6, 6.07) is 38.8. The van der Waals surface area contributed by atoms with Crippen molar-refractivity contribution in [2.75, 3.05) is 4.90 Å². The fourth-order valence-electron chi connectivity index (χ4n) is 7.95. The summed E-state index contributed by atoms with van der Waals surface area (Å²) in [6.07, 6.45) is 17.7. The number of allylic oxidation sites excluding steroid dienone is 6. The zero-order valence-electron chi connectivity index (χ0n) is 26.2. The average Bonchev–Trinajstić information content (AvgIpc) is 3.70. The number of benzene rings is 5. The summed E-state index contributed by atoms with van der Waals surface area (Å²) in [6.45, 7) is 0. The Hall–Kier alpha value is -6.07. The van der Waals surface area contributed by atoms with Crippen LogP contribution in [0.4, 0.5) is 11.4 Å². The number of hydrogen-bond donors (Lipinski definition) is 0. The zero-order valence-corrected chi connectivity index (χ0v) is 26.2. The standard InChI is InChI=1S/C43H31N5/c1-4-16-28(17-5-1)41-44-42(29-18-6-2-7-19-29)46-43(45-41)48-36-27-15-13-25-34(36)38-32-23-11-10-22-31(32)37-33-24-12-14-26-35(33)47(39(37)40(38)48)30-20-8-3-9-21-30/h1,3-6,8-27,33,35H,2,7H2. The van der Waals surface area contributed by atoms with E-state index in [0.29, 0.717) is 17.6 Å². The lowest BCUT2D eigenvalue weighted by atomic mass is 9.87. The van der Waals surface area contributed by atoms with Crippen molar-refractivity contribution < 1.29 is 0 Å². The molecule has 2 aliphatic carbocycles. The van der Waals surface area contributed by atoms with Crippen LogP contribution in [-0.4, -0.2) is 25.6 Å². The molecule has 1 aliphatic heterocycles. The van der Waals surface area contributed by atoms with Crippen molar-refractivity contribution >= 4 is 49.5 Å². The van der Waals surface area contributed by atoms with Gasteiger partial charge in [0.15, 0.2) is 11.6 Å². The lowest BCUT2D eigenvalue weighted by molar-refractivity contribution is 0.747. The smallest absolute Gasteiger partial charge is 0.238 e. The molecular weight excluding hydrogens is 587 g/mol. The molecular formula is C43H31N5. The third-order valence-corrected chi connectivity index (χ3v) is 9.96. The Bertz CT molecular complexity index is 2520. The van der Waals surface area contributed by atoms with Crippen LogP contribution in [0.5, 0.6) is 0 Å². The first-order valence-electron chi connectivity index (χ1n) is 16.7. The molecule has 228 valence electrons. The number of anilines is 2. The summed E-state index contributed by atoms with van der Waals surface area (Å²) in [5, 5.41) is 4.93. The molecule has 0 N–H and O–H groups in total. The summed E-state index contributed by atoms with van der Waals surface area (Å²) in [5.74, 6) is 2.17. The average molecular weight is 618 g/mol. The molecule has 5 aromatic carbocycles. The Labute approximate surface area is 278 Å². The first kappa shape index (κ1) is 27.1. The number of fused-ring (bicyclic) bond motifs is 10. The molecule has 5 heteroatoms. The van der Waals surface area contributed by atoms with Crippen molar-refractivity contribution in [1.82, 2.24) is 19.5 Å². The molecule has 0 fully saturated rings. The molecule has 48 heavy (non-hydrogen) atoms. The summed E-state index contributed by atoms with van der Waals surface area (Å²) in [4.78, 5) is 18.2. The van der Waals surface area contributed by atoms with Gasteiger partial charge < -0.3 is 4.90 Å². The first-order valence-corrected chi connectivity index (χ1v) is 16.7. The van der Waals surface area contributed by atoms with Gasteiger partial charge in [-0.05, 0) is 47.4 Å². The highest BCUT2D eigenvalue weighted by molar-refractivity contribution is 6.27. The van der Waals surface area contributed by atoms with E-state index in [1.165, 1.54) is 38.5 Å². The van der Waals surface area contributed by atoms with Gasteiger partial charge in [0.05, 0.1) is 22.8 Å². The second kappa shape index (κ2) is 10.7. The minimum absolute atomic E-state index is 0.138. The topological polar surface area (TPSA) is 46.8 Å². The number of aromatic nitrogens is 4. The number of hydrogen-bond acceptors (Lipinski definition) is 4. The van der Waals surface area contributed by atoms with E-state index in [1.54, 1.807) is 0 Å². The molecule has 10 rings (SSSR count). The van der Waals surface area contributed by atoms with Gasteiger partial charge in [0, 0.05) is 33.5 Å². The van der Waals surface area contributed by atoms with E-state index in [0.717, 1.165) is 35.0 Å². The first-order chi connectivity index (χ1) is 23.8. The second-order valence-corrected chi connectivity index (χ2v) is 12.7. The highest BCUT2D eigenvalue weighted by atomic mass is 15.2. The normalized spacial score (nSPS) is 18.1. The SMILES string of the molecule is C1=CC2c3c(c4c(c5ccccc35)c3ccccc3n4-c3nc(C4=CCCC=C4)nc(-c4ccccc4)n3)N(c3ccccc3)C2C=C1. The van der Waals surface area contributed by atoms with Crippen LogP contribution in [0.25, 0.3) is 55.5 Å². The minimum atomic E-state index is 0.138. The maximum absolute atomic E-state index is 5.29.